The minimum Gasteiger partial charge on any atom is -0.465 e. The van der Waals surface area contributed by atoms with Crippen LogP contribution in [0.1, 0.15) is 45.6 Å². The van der Waals surface area contributed by atoms with Gasteiger partial charge in [0, 0.05) is 20.0 Å². The fourth-order valence-corrected chi connectivity index (χ4v) is 4.28. The van der Waals surface area contributed by atoms with Crippen LogP contribution in [0.4, 0.5) is 9.59 Å². The lowest BCUT2D eigenvalue weighted by molar-refractivity contribution is -0.135. The fourth-order valence-electron chi connectivity index (χ4n) is 4.28. The first-order chi connectivity index (χ1) is 14.0. The summed E-state index contributed by atoms with van der Waals surface area (Å²) in [6.45, 7) is 5.98. The lowest BCUT2D eigenvalue weighted by Gasteiger charge is -2.53. The number of rotatable bonds is 5. The average molecular weight is 420 g/mol. The minimum absolute atomic E-state index is 0.0404. The van der Waals surface area contributed by atoms with Crippen LogP contribution in [0.2, 0.25) is 0 Å². The summed E-state index contributed by atoms with van der Waals surface area (Å²) in [4.78, 5) is 38.3. The molecule has 1 aliphatic carbocycles. The summed E-state index contributed by atoms with van der Waals surface area (Å²) in [5, 5.41) is 15.0. The van der Waals surface area contributed by atoms with E-state index in [2.05, 4.69) is 10.6 Å². The molecule has 1 aromatic rings. The van der Waals surface area contributed by atoms with Gasteiger partial charge in [0.2, 0.25) is 5.91 Å². The number of nitrogens with one attached hydrogen (secondary N) is 2. The Balaban J connectivity index is 2.24. The van der Waals surface area contributed by atoms with Crippen molar-refractivity contribution < 1.29 is 24.2 Å². The van der Waals surface area contributed by atoms with Crippen molar-refractivity contribution in [1.29, 1.82) is 0 Å². The highest BCUT2D eigenvalue weighted by Crippen LogP contribution is 2.44. The molecule has 0 spiro atoms. The third-order valence-corrected chi connectivity index (χ3v) is 5.97. The maximum atomic E-state index is 12.7. The number of hydrogen-bond donors (Lipinski definition) is 3. The molecule has 0 heterocycles. The summed E-state index contributed by atoms with van der Waals surface area (Å²) in [5.74, 6) is -0.351. The van der Waals surface area contributed by atoms with E-state index in [4.69, 9.17) is 4.74 Å². The third-order valence-electron chi connectivity index (χ3n) is 5.97. The fraction of sp³-hybridized carbons (Fsp3) is 0.591. The van der Waals surface area contributed by atoms with Crippen LogP contribution in [0.15, 0.2) is 30.3 Å². The van der Waals surface area contributed by atoms with Crippen molar-refractivity contribution in [2.45, 2.75) is 58.2 Å². The molecule has 2 rings (SSSR count). The average Bonchev–Trinajstić information content (AvgIpc) is 2.66. The van der Waals surface area contributed by atoms with Gasteiger partial charge in [0.15, 0.2) is 0 Å². The molecule has 3 atom stereocenters. The first-order valence-corrected chi connectivity index (χ1v) is 10.2. The molecule has 8 heteroatoms. The van der Waals surface area contributed by atoms with E-state index >= 15 is 0 Å². The SMILES string of the molecule is CN(C)C(=O)[C@H]1CC[C@](NC(=O)OCc2ccccc2)(C(C)(C)C)[C@H](NC(=O)O)C1. The number of carboxylic acid groups (broad SMARTS) is 1. The molecule has 1 aliphatic rings. The van der Waals surface area contributed by atoms with E-state index in [1.54, 1.807) is 14.1 Å². The molecular formula is C22H33N3O5. The number of amides is 3. The van der Waals surface area contributed by atoms with Crippen LogP contribution in [-0.2, 0) is 16.1 Å². The van der Waals surface area contributed by atoms with E-state index < -0.39 is 29.2 Å². The molecule has 166 valence electrons. The Morgan fingerprint density at radius 1 is 1.20 bits per heavy atom. The summed E-state index contributed by atoms with van der Waals surface area (Å²) >= 11 is 0. The summed E-state index contributed by atoms with van der Waals surface area (Å²) in [6.07, 6.45) is -0.495. The highest BCUT2D eigenvalue weighted by molar-refractivity contribution is 5.79. The maximum Gasteiger partial charge on any atom is 0.407 e. The van der Waals surface area contributed by atoms with E-state index in [9.17, 15) is 19.5 Å². The molecular weight excluding hydrogens is 386 g/mol. The predicted octanol–water partition coefficient (Wildman–Crippen LogP) is 3.22. The molecule has 0 radical (unpaired) electrons. The normalized spacial score (nSPS) is 23.9. The molecule has 1 aromatic carbocycles. The van der Waals surface area contributed by atoms with Gasteiger partial charge in [0.1, 0.15) is 6.61 Å². The Kier molecular flexibility index (Phi) is 7.34. The highest BCUT2D eigenvalue weighted by Gasteiger charge is 2.54. The second kappa shape index (κ2) is 9.36. The Morgan fingerprint density at radius 2 is 1.83 bits per heavy atom. The van der Waals surface area contributed by atoms with Crippen molar-refractivity contribution in [1.82, 2.24) is 15.5 Å². The van der Waals surface area contributed by atoms with Crippen LogP contribution < -0.4 is 10.6 Å². The number of alkyl carbamates (subject to hydrolysis) is 1. The topological polar surface area (TPSA) is 108 Å². The van der Waals surface area contributed by atoms with Gasteiger partial charge in [-0.05, 0) is 30.2 Å². The number of hydrogen-bond acceptors (Lipinski definition) is 4. The molecule has 0 aromatic heterocycles. The van der Waals surface area contributed by atoms with Gasteiger partial charge in [-0.3, -0.25) is 4.79 Å². The van der Waals surface area contributed by atoms with Gasteiger partial charge in [-0.2, -0.15) is 0 Å². The van der Waals surface area contributed by atoms with Gasteiger partial charge < -0.3 is 25.4 Å². The Morgan fingerprint density at radius 3 is 2.37 bits per heavy atom. The summed E-state index contributed by atoms with van der Waals surface area (Å²) in [6, 6.07) is 8.70. The molecule has 0 saturated heterocycles. The van der Waals surface area contributed by atoms with E-state index in [-0.39, 0.29) is 18.4 Å². The van der Waals surface area contributed by atoms with Gasteiger partial charge >= 0.3 is 12.2 Å². The zero-order chi connectivity index (χ0) is 22.5. The van der Waals surface area contributed by atoms with E-state index in [1.165, 1.54) is 4.90 Å². The Bertz CT molecular complexity index is 760. The van der Waals surface area contributed by atoms with Gasteiger partial charge in [0.25, 0.3) is 0 Å². The monoisotopic (exact) mass is 419 g/mol. The zero-order valence-electron chi connectivity index (χ0n) is 18.4. The van der Waals surface area contributed by atoms with Crippen LogP contribution in [0.25, 0.3) is 0 Å². The number of nitrogens with zero attached hydrogens (tertiary/aromatic N) is 1. The van der Waals surface area contributed by atoms with Crippen molar-refractivity contribution in [2.24, 2.45) is 11.3 Å². The lowest BCUT2D eigenvalue weighted by atomic mass is 9.60. The van der Waals surface area contributed by atoms with Crippen LogP contribution in [-0.4, -0.2) is 53.8 Å². The summed E-state index contributed by atoms with van der Waals surface area (Å²) in [5.41, 5.74) is -0.529. The van der Waals surface area contributed by atoms with Crippen LogP contribution in [0.3, 0.4) is 0 Å². The van der Waals surface area contributed by atoms with Gasteiger partial charge in [-0.25, -0.2) is 9.59 Å². The van der Waals surface area contributed by atoms with Crippen LogP contribution in [0, 0.1) is 11.3 Å². The van der Waals surface area contributed by atoms with Crippen molar-refractivity contribution in [3.05, 3.63) is 35.9 Å². The minimum atomic E-state index is -1.19. The predicted molar refractivity (Wildman–Crippen MR) is 113 cm³/mol. The molecule has 3 amide bonds. The smallest absolute Gasteiger partial charge is 0.407 e. The van der Waals surface area contributed by atoms with Crippen molar-refractivity contribution in [3.63, 3.8) is 0 Å². The number of carbonyl (C=O) groups is 3. The zero-order valence-corrected chi connectivity index (χ0v) is 18.4. The first-order valence-electron chi connectivity index (χ1n) is 10.2. The van der Waals surface area contributed by atoms with Crippen LogP contribution in [0.5, 0.6) is 0 Å². The summed E-state index contributed by atoms with van der Waals surface area (Å²) < 4.78 is 5.42. The Hall–Kier alpha value is -2.77. The second-order valence-corrected chi connectivity index (χ2v) is 9.11. The number of benzene rings is 1. The number of carbonyl (C=O) groups excluding carboxylic acids is 2. The molecule has 0 bridgehead atoms. The van der Waals surface area contributed by atoms with E-state index in [1.807, 2.05) is 51.1 Å². The molecule has 0 aliphatic heterocycles. The maximum absolute atomic E-state index is 12.7. The largest absolute Gasteiger partial charge is 0.465 e. The van der Waals surface area contributed by atoms with Gasteiger partial charge in [0.05, 0.1) is 11.6 Å². The van der Waals surface area contributed by atoms with Gasteiger partial charge in [-0.15, -0.1) is 0 Å². The van der Waals surface area contributed by atoms with Crippen molar-refractivity contribution >= 4 is 18.1 Å². The van der Waals surface area contributed by atoms with E-state index in [0.29, 0.717) is 19.3 Å². The van der Waals surface area contributed by atoms with Crippen molar-refractivity contribution in [3.8, 4) is 0 Å². The molecule has 30 heavy (non-hydrogen) atoms. The quantitative estimate of drug-likeness (QED) is 0.679. The molecule has 1 saturated carbocycles. The summed E-state index contributed by atoms with van der Waals surface area (Å²) in [7, 11) is 3.37. The van der Waals surface area contributed by atoms with Crippen molar-refractivity contribution in [2.75, 3.05) is 14.1 Å². The molecule has 8 nitrogen and oxygen atoms in total. The highest BCUT2D eigenvalue weighted by atomic mass is 16.5. The standard InChI is InChI=1S/C22H33N3O5/c1-21(2,3)22(24-20(29)30-14-15-9-7-6-8-10-15)12-11-16(18(26)25(4)5)13-17(22)23-19(27)28/h6-10,16-17,23H,11-14H2,1-5H3,(H,24,29)(H,27,28)/t16-,17+,22+/m0/s1. The number of ether oxygens (including phenoxy) is 1. The second-order valence-electron chi connectivity index (χ2n) is 9.11. The third kappa shape index (κ3) is 5.43. The lowest BCUT2D eigenvalue weighted by Crippen LogP contribution is -2.70. The molecule has 1 fully saturated rings. The molecule has 0 unspecified atom stereocenters. The Labute approximate surface area is 178 Å². The van der Waals surface area contributed by atoms with Gasteiger partial charge in [-0.1, -0.05) is 51.1 Å². The molecule has 3 N–H and O–H groups in total. The first kappa shape index (κ1) is 23.5. The van der Waals surface area contributed by atoms with E-state index in [0.717, 1.165) is 5.56 Å². The van der Waals surface area contributed by atoms with Crippen LogP contribution >= 0.6 is 0 Å².